The highest BCUT2D eigenvalue weighted by Crippen LogP contribution is 2.38. The smallest absolute Gasteiger partial charge is 0.198 e. The number of thioether (sulfide) groups is 1. The lowest BCUT2D eigenvalue weighted by Gasteiger charge is -2.16. The van der Waals surface area contributed by atoms with E-state index in [0.29, 0.717) is 42.5 Å². The molecular weight excluding hydrogens is 424 g/mol. The normalized spacial score (nSPS) is 16.4. The SMILES string of the molecule is CSc1c(F)c(F)c(F)c(F)c1-c1nc(N)c2cc(N)c(OC3CCOC3)cc2n1. The first kappa shape index (κ1) is 20.5. The number of rotatable bonds is 4. The van der Waals surface area contributed by atoms with E-state index in [2.05, 4.69) is 9.97 Å². The van der Waals surface area contributed by atoms with E-state index in [-0.39, 0.29) is 29.0 Å². The molecule has 0 aliphatic carbocycles. The minimum Gasteiger partial charge on any atom is -0.486 e. The number of nitrogen functional groups attached to an aromatic ring is 2. The van der Waals surface area contributed by atoms with Crippen LogP contribution in [0.25, 0.3) is 22.3 Å². The highest BCUT2D eigenvalue weighted by atomic mass is 32.2. The van der Waals surface area contributed by atoms with Crippen LogP contribution in [0.4, 0.5) is 29.1 Å². The first-order valence-electron chi connectivity index (χ1n) is 8.83. The van der Waals surface area contributed by atoms with Gasteiger partial charge in [-0.1, -0.05) is 0 Å². The molecule has 0 spiro atoms. The maximum Gasteiger partial charge on any atom is 0.198 e. The maximum atomic E-state index is 14.5. The highest BCUT2D eigenvalue weighted by molar-refractivity contribution is 7.98. The lowest BCUT2D eigenvalue weighted by Crippen LogP contribution is -2.16. The average Bonchev–Trinajstić information content (AvgIpc) is 3.23. The number of hydrogen-bond acceptors (Lipinski definition) is 7. The molecule has 1 aliphatic rings. The standard InChI is InChI=1S/C19H16F4N4O2S/c1-30-17-12(13(20)14(21)15(22)16(17)23)19-26-10-5-11(29-7-2-3-28-6-7)9(24)4-8(10)18(25)27-19/h4-5,7H,2-3,6,24H2,1H3,(H2,25,26,27). The molecule has 0 saturated carbocycles. The Morgan fingerprint density at radius 1 is 1.07 bits per heavy atom. The fourth-order valence-corrected chi connectivity index (χ4v) is 3.85. The van der Waals surface area contributed by atoms with Crippen LogP contribution in [-0.4, -0.2) is 35.5 Å². The van der Waals surface area contributed by atoms with Gasteiger partial charge in [0.1, 0.15) is 17.7 Å². The fourth-order valence-electron chi connectivity index (χ4n) is 3.20. The van der Waals surface area contributed by atoms with Gasteiger partial charge in [-0.3, -0.25) is 0 Å². The molecule has 4 rings (SSSR count). The van der Waals surface area contributed by atoms with Gasteiger partial charge in [-0.05, 0) is 12.3 Å². The summed E-state index contributed by atoms with van der Waals surface area (Å²) in [6, 6.07) is 2.98. The summed E-state index contributed by atoms with van der Waals surface area (Å²) in [6.07, 6.45) is 1.88. The van der Waals surface area contributed by atoms with Crippen molar-refractivity contribution in [3.8, 4) is 17.1 Å². The second-order valence-corrected chi connectivity index (χ2v) is 7.42. The third-order valence-corrected chi connectivity index (χ3v) is 5.48. The average molecular weight is 440 g/mol. The molecule has 30 heavy (non-hydrogen) atoms. The third kappa shape index (κ3) is 3.37. The summed E-state index contributed by atoms with van der Waals surface area (Å²) in [6.45, 7) is 0.973. The van der Waals surface area contributed by atoms with Crippen molar-refractivity contribution < 1.29 is 27.0 Å². The topological polar surface area (TPSA) is 96.3 Å². The van der Waals surface area contributed by atoms with Crippen LogP contribution in [0, 0.1) is 23.3 Å². The number of nitrogens with zero attached hydrogens (tertiary/aromatic N) is 2. The number of anilines is 2. The Kier molecular flexibility index (Phi) is 5.33. The molecule has 1 aliphatic heterocycles. The molecule has 1 unspecified atom stereocenters. The lowest BCUT2D eigenvalue weighted by atomic mass is 10.1. The Balaban J connectivity index is 1.90. The highest BCUT2D eigenvalue weighted by Gasteiger charge is 2.28. The van der Waals surface area contributed by atoms with Crippen molar-refractivity contribution in [1.82, 2.24) is 9.97 Å². The van der Waals surface area contributed by atoms with Gasteiger partial charge in [0.2, 0.25) is 0 Å². The van der Waals surface area contributed by atoms with E-state index < -0.39 is 33.7 Å². The van der Waals surface area contributed by atoms with Crippen LogP contribution < -0.4 is 16.2 Å². The molecule has 1 saturated heterocycles. The number of benzene rings is 2. The number of aromatic nitrogens is 2. The van der Waals surface area contributed by atoms with E-state index in [1.54, 1.807) is 0 Å². The largest absolute Gasteiger partial charge is 0.486 e. The number of halogens is 4. The predicted octanol–water partition coefficient (Wildman–Crippen LogP) is 3.91. The van der Waals surface area contributed by atoms with Crippen molar-refractivity contribution in [3.05, 3.63) is 35.4 Å². The molecule has 0 amide bonds. The molecule has 2 aromatic carbocycles. The molecule has 11 heteroatoms. The molecule has 0 radical (unpaired) electrons. The van der Waals surface area contributed by atoms with Gasteiger partial charge >= 0.3 is 0 Å². The Hall–Kier alpha value is -2.79. The second-order valence-electron chi connectivity index (χ2n) is 6.61. The molecular formula is C19H16F4N4O2S. The summed E-state index contributed by atoms with van der Waals surface area (Å²) in [5, 5.41) is 0.348. The molecule has 158 valence electrons. The Morgan fingerprint density at radius 3 is 2.47 bits per heavy atom. The van der Waals surface area contributed by atoms with Gasteiger partial charge in [0, 0.05) is 17.9 Å². The van der Waals surface area contributed by atoms with Crippen molar-refractivity contribution >= 4 is 34.2 Å². The second kappa shape index (κ2) is 7.80. The van der Waals surface area contributed by atoms with Gasteiger partial charge in [-0.2, -0.15) is 0 Å². The summed E-state index contributed by atoms with van der Waals surface area (Å²) in [5.74, 6) is -7.16. The molecule has 0 bridgehead atoms. The molecule has 6 nitrogen and oxygen atoms in total. The van der Waals surface area contributed by atoms with E-state index in [9.17, 15) is 17.6 Å². The van der Waals surface area contributed by atoms with Gasteiger partial charge < -0.3 is 20.9 Å². The predicted molar refractivity (Wildman–Crippen MR) is 105 cm³/mol. The Bertz CT molecular complexity index is 1160. The summed E-state index contributed by atoms with van der Waals surface area (Å²) < 4.78 is 67.4. The van der Waals surface area contributed by atoms with E-state index in [4.69, 9.17) is 20.9 Å². The van der Waals surface area contributed by atoms with Crippen molar-refractivity contribution in [3.63, 3.8) is 0 Å². The van der Waals surface area contributed by atoms with Gasteiger partial charge in [-0.25, -0.2) is 27.5 Å². The lowest BCUT2D eigenvalue weighted by molar-refractivity contribution is 0.142. The quantitative estimate of drug-likeness (QED) is 0.209. The summed E-state index contributed by atoms with van der Waals surface area (Å²) in [5.41, 5.74) is 11.9. The monoisotopic (exact) mass is 440 g/mol. The van der Waals surface area contributed by atoms with E-state index in [0.717, 1.165) is 0 Å². The number of fused-ring (bicyclic) bond motifs is 1. The van der Waals surface area contributed by atoms with Crippen LogP contribution in [0.1, 0.15) is 6.42 Å². The summed E-state index contributed by atoms with van der Waals surface area (Å²) in [7, 11) is 0. The van der Waals surface area contributed by atoms with Gasteiger partial charge in [0.05, 0.1) is 34.9 Å². The molecule has 3 aromatic rings. The Morgan fingerprint density at radius 2 is 1.80 bits per heavy atom. The van der Waals surface area contributed by atoms with Gasteiger partial charge in [0.15, 0.2) is 29.1 Å². The van der Waals surface area contributed by atoms with Crippen LogP contribution in [0.5, 0.6) is 5.75 Å². The van der Waals surface area contributed by atoms with Crippen LogP contribution in [0.2, 0.25) is 0 Å². The van der Waals surface area contributed by atoms with Gasteiger partial charge in [0.25, 0.3) is 0 Å². The summed E-state index contributed by atoms with van der Waals surface area (Å²) >= 11 is 0.691. The first-order chi connectivity index (χ1) is 14.3. The number of ether oxygens (including phenoxy) is 2. The molecule has 1 fully saturated rings. The molecule has 2 heterocycles. The molecule has 1 atom stereocenters. The first-order valence-corrected chi connectivity index (χ1v) is 10.1. The zero-order valence-electron chi connectivity index (χ0n) is 15.6. The van der Waals surface area contributed by atoms with Crippen molar-refractivity contribution in [2.75, 3.05) is 30.9 Å². The van der Waals surface area contributed by atoms with Crippen LogP contribution >= 0.6 is 11.8 Å². The van der Waals surface area contributed by atoms with E-state index >= 15 is 0 Å². The van der Waals surface area contributed by atoms with Crippen molar-refractivity contribution in [2.45, 2.75) is 17.4 Å². The zero-order chi connectivity index (χ0) is 21.6. The molecule has 1 aromatic heterocycles. The number of nitrogens with two attached hydrogens (primary N) is 2. The third-order valence-electron chi connectivity index (χ3n) is 4.69. The maximum absolute atomic E-state index is 14.5. The Labute approximate surface area is 172 Å². The van der Waals surface area contributed by atoms with Crippen LogP contribution in [0.3, 0.4) is 0 Å². The zero-order valence-corrected chi connectivity index (χ0v) is 16.5. The molecule has 4 N–H and O–H groups in total. The van der Waals surface area contributed by atoms with Crippen LogP contribution in [0.15, 0.2) is 17.0 Å². The summed E-state index contributed by atoms with van der Waals surface area (Å²) in [4.78, 5) is 7.69. The van der Waals surface area contributed by atoms with E-state index in [1.807, 2.05) is 0 Å². The van der Waals surface area contributed by atoms with E-state index in [1.165, 1.54) is 18.4 Å². The minimum absolute atomic E-state index is 0.0888. The van der Waals surface area contributed by atoms with Crippen molar-refractivity contribution in [1.29, 1.82) is 0 Å². The van der Waals surface area contributed by atoms with Crippen molar-refractivity contribution in [2.24, 2.45) is 0 Å². The fraction of sp³-hybridized carbons (Fsp3) is 0.263. The minimum atomic E-state index is -1.95. The number of hydrogen-bond donors (Lipinski definition) is 2. The van der Waals surface area contributed by atoms with Gasteiger partial charge in [-0.15, -0.1) is 11.8 Å². The van der Waals surface area contributed by atoms with Crippen LogP contribution in [-0.2, 0) is 4.74 Å².